The SMILES string of the molecule is O=C(NCc1ccc(-n2cncn2)cc1)C1CC(=O)N(c2ccccc2)C1. The molecule has 0 saturated carbocycles. The molecule has 7 nitrogen and oxygen atoms in total. The fraction of sp³-hybridized carbons (Fsp3) is 0.200. The number of carbonyl (C=O) groups excluding carboxylic acids is 2. The van der Waals surface area contributed by atoms with Gasteiger partial charge in [-0.2, -0.15) is 5.10 Å². The number of carbonyl (C=O) groups is 2. The second kappa shape index (κ2) is 7.41. The van der Waals surface area contributed by atoms with E-state index in [4.69, 9.17) is 0 Å². The number of para-hydroxylation sites is 1. The molecule has 0 spiro atoms. The third-order valence-corrected chi connectivity index (χ3v) is 4.65. The van der Waals surface area contributed by atoms with E-state index in [1.807, 2.05) is 54.6 Å². The summed E-state index contributed by atoms with van der Waals surface area (Å²) >= 11 is 0. The van der Waals surface area contributed by atoms with E-state index in [0.717, 1.165) is 16.9 Å². The normalized spacial score (nSPS) is 16.5. The quantitative estimate of drug-likeness (QED) is 0.753. The summed E-state index contributed by atoms with van der Waals surface area (Å²) in [5.41, 5.74) is 2.72. The molecule has 0 bridgehead atoms. The molecular formula is C20H19N5O2. The number of aromatic nitrogens is 3. The molecule has 136 valence electrons. The average Bonchev–Trinajstić information content (AvgIpc) is 3.37. The Bertz CT molecular complexity index is 923. The molecule has 1 aromatic heterocycles. The Morgan fingerprint density at radius 2 is 1.85 bits per heavy atom. The summed E-state index contributed by atoms with van der Waals surface area (Å²) in [7, 11) is 0. The third-order valence-electron chi connectivity index (χ3n) is 4.65. The van der Waals surface area contributed by atoms with E-state index in [-0.39, 0.29) is 24.2 Å². The van der Waals surface area contributed by atoms with Gasteiger partial charge in [0.15, 0.2) is 0 Å². The molecule has 7 heteroatoms. The zero-order valence-electron chi connectivity index (χ0n) is 14.7. The van der Waals surface area contributed by atoms with Crippen LogP contribution in [0.2, 0.25) is 0 Å². The highest BCUT2D eigenvalue weighted by Crippen LogP contribution is 2.24. The van der Waals surface area contributed by atoms with Gasteiger partial charge in [-0.05, 0) is 29.8 Å². The summed E-state index contributed by atoms with van der Waals surface area (Å²) in [5, 5.41) is 7.02. The van der Waals surface area contributed by atoms with Gasteiger partial charge in [0.25, 0.3) is 0 Å². The number of benzene rings is 2. The molecule has 2 amide bonds. The van der Waals surface area contributed by atoms with Gasteiger partial charge in [0.05, 0.1) is 11.6 Å². The largest absolute Gasteiger partial charge is 0.352 e. The van der Waals surface area contributed by atoms with Gasteiger partial charge in [-0.15, -0.1) is 0 Å². The molecule has 1 N–H and O–H groups in total. The molecular weight excluding hydrogens is 342 g/mol. The predicted octanol–water partition coefficient (Wildman–Crippen LogP) is 1.94. The molecule has 1 saturated heterocycles. The third kappa shape index (κ3) is 3.72. The zero-order chi connectivity index (χ0) is 18.6. The van der Waals surface area contributed by atoms with Crippen LogP contribution in [0.15, 0.2) is 67.3 Å². The van der Waals surface area contributed by atoms with Crippen molar-refractivity contribution < 1.29 is 9.59 Å². The predicted molar refractivity (Wildman–Crippen MR) is 100 cm³/mol. The second-order valence-electron chi connectivity index (χ2n) is 6.47. The van der Waals surface area contributed by atoms with Crippen molar-refractivity contribution in [1.29, 1.82) is 0 Å². The first-order valence-electron chi connectivity index (χ1n) is 8.78. The maximum Gasteiger partial charge on any atom is 0.227 e. The Balaban J connectivity index is 1.34. The van der Waals surface area contributed by atoms with Crippen LogP contribution in [-0.4, -0.2) is 33.1 Å². The van der Waals surface area contributed by atoms with Crippen LogP contribution in [0.3, 0.4) is 0 Å². The number of nitrogens with one attached hydrogen (secondary N) is 1. The summed E-state index contributed by atoms with van der Waals surface area (Å²) in [6, 6.07) is 17.2. The van der Waals surface area contributed by atoms with Gasteiger partial charge in [-0.1, -0.05) is 30.3 Å². The number of rotatable bonds is 5. The van der Waals surface area contributed by atoms with Crippen molar-refractivity contribution in [3.05, 3.63) is 72.8 Å². The zero-order valence-corrected chi connectivity index (χ0v) is 14.7. The van der Waals surface area contributed by atoms with Crippen molar-refractivity contribution in [2.45, 2.75) is 13.0 Å². The first-order valence-corrected chi connectivity index (χ1v) is 8.78. The lowest BCUT2D eigenvalue weighted by molar-refractivity contribution is -0.126. The first kappa shape index (κ1) is 17.0. The van der Waals surface area contributed by atoms with Gasteiger partial charge in [-0.3, -0.25) is 9.59 Å². The van der Waals surface area contributed by atoms with E-state index in [1.165, 1.54) is 6.33 Å². The van der Waals surface area contributed by atoms with E-state index in [0.29, 0.717) is 13.1 Å². The topological polar surface area (TPSA) is 80.1 Å². The highest BCUT2D eigenvalue weighted by atomic mass is 16.2. The smallest absolute Gasteiger partial charge is 0.227 e. The molecule has 1 atom stereocenters. The lowest BCUT2D eigenvalue weighted by Gasteiger charge is -2.16. The molecule has 27 heavy (non-hydrogen) atoms. The van der Waals surface area contributed by atoms with Crippen molar-refractivity contribution in [2.24, 2.45) is 5.92 Å². The molecule has 1 aliphatic heterocycles. The lowest BCUT2D eigenvalue weighted by Crippen LogP contribution is -2.32. The summed E-state index contributed by atoms with van der Waals surface area (Å²) < 4.78 is 1.67. The van der Waals surface area contributed by atoms with Crippen molar-refractivity contribution in [3.8, 4) is 5.69 Å². The number of hydrogen-bond donors (Lipinski definition) is 1. The van der Waals surface area contributed by atoms with Gasteiger partial charge in [-0.25, -0.2) is 9.67 Å². The Kier molecular flexibility index (Phi) is 4.65. The lowest BCUT2D eigenvalue weighted by atomic mass is 10.1. The van der Waals surface area contributed by atoms with E-state index in [9.17, 15) is 9.59 Å². The van der Waals surface area contributed by atoms with Crippen LogP contribution < -0.4 is 10.2 Å². The monoisotopic (exact) mass is 361 g/mol. The number of nitrogens with zero attached hydrogens (tertiary/aromatic N) is 4. The van der Waals surface area contributed by atoms with Gasteiger partial charge >= 0.3 is 0 Å². The van der Waals surface area contributed by atoms with Crippen LogP contribution in [0.1, 0.15) is 12.0 Å². The molecule has 0 radical (unpaired) electrons. The highest BCUT2D eigenvalue weighted by molar-refractivity contribution is 6.00. The molecule has 2 aromatic carbocycles. The minimum Gasteiger partial charge on any atom is -0.352 e. The molecule has 1 fully saturated rings. The Morgan fingerprint density at radius 3 is 2.56 bits per heavy atom. The van der Waals surface area contributed by atoms with Gasteiger partial charge < -0.3 is 10.2 Å². The average molecular weight is 361 g/mol. The summed E-state index contributed by atoms with van der Waals surface area (Å²) in [5.74, 6) is -0.437. The van der Waals surface area contributed by atoms with Crippen LogP contribution in [0.5, 0.6) is 0 Å². The van der Waals surface area contributed by atoms with Crippen LogP contribution in [0, 0.1) is 5.92 Å². The van der Waals surface area contributed by atoms with Gasteiger partial charge in [0, 0.05) is 25.2 Å². The first-order chi connectivity index (χ1) is 13.2. The van der Waals surface area contributed by atoms with E-state index in [1.54, 1.807) is 15.9 Å². The minimum absolute atomic E-state index is 0.0152. The van der Waals surface area contributed by atoms with Gasteiger partial charge in [0.1, 0.15) is 12.7 Å². The maximum absolute atomic E-state index is 12.5. The Morgan fingerprint density at radius 1 is 1.07 bits per heavy atom. The summed E-state index contributed by atoms with van der Waals surface area (Å²) in [6.45, 7) is 0.840. The van der Waals surface area contributed by atoms with E-state index in [2.05, 4.69) is 15.4 Å². The van der Waals surface area contributed by atoms with Crippen molar-refractivity contribution >= 4 is 17.5 Å². The second-order valence-corrected chi connectivity index (χ2v) is 6.47. The summed E-state index contributed by atoms with van der Waals surface area (Å²) in [4.78, 5) is 30.3. The van der Waals surface area contributed by atoms with Crippen molar-refractivity contribution in [2.75, 3.05) is 11.4 Å². The number of amides is 2. The highest BCUT2D eigenvalue weighted by Gasteiger charge is 2.34. The van der Waals surface area contributed by atoms with Gasteiger partial charge in [0.2, 0.25) is 11.8 Å². The maximum atomic E-state index is 12.5. The molecule has 3 aromatic rings. The molecule has 2 heterocycles. The molecule has 4 rings (SSSR count). The number of hydrogen-bond acceptors (Lipinski definition) is 4. The molecule has 1 aliphatic rings. The fourth-order valence-electron chi connectivity index (χ4n) is 3.18. The minimum atomic E-state index is -0.327. The summed E-state index contributed by atoms with van der Waals surface area (Å²) in [6.07, 6.45) is 3.36. The van der Waals surface area contributed by atoms with E-state index >= 15 is 0 Å². The Labute approximate surface area is 156 Å². The van der Waals surface area contributed by atoms with Crippen LogP contribution in [0.4, 0.5) is 5.69 Å². The van der Waals surface area contributed by atoms with E-state index < -0.39 is 0 Å². The molecule has 1 unspecified atom stereocenters. The fourth-order valence-corrected chi connectivity index (χ4v) is 3.18. The van der Waals surface area contributed by atoms with Crippen molar-refractivity contribution in [3.63, 3.8) is 0 Å². The number of anilines is 1. The molecule has 0 aliphatic carbocycles. The van der Waals surface area contributed by atoms with Crippen LogP contribution in [-0.2, 0) is 16.1 Å². The van der Waals surface area contributed by atoms with Crippen LogP contribution in [0.25, 0.3) is 5.69 Å². The van der Waals surface area contributed by atoms with Crippen molar-refractivity contribution in [1.82, 2.24) is 20.1 Å². The Hall–Kier alpha value is -3.48. The van der Waals surface area contributed by atoms with Crippen LogP contribution >= 0.6 is 0 Å². The standard InChI is InChI=1S/C20H19N5O2/c26-19-10-16(12-24(19)17-4-2-1-3-5-17)20(27)22-11-15-6-8-18(9-7-15)25-14-21-13-23-25/h1-9,13-14,16H,10-12H2,(H,22,27).